The molecule has 136 valence electrons. The molecule has 0 saturated carbocycles. The van der Waals surface area contributed by atoms with E-state index in [1.54, 1.807) is 0 Å². The maximum absolute atomic E-state index is 4.61. The van der Waals surface area contributed by atoms with E-state index in [4.69, 9.17) is 0 Å². The van der Waals surface area contributed by atoms with Crippen molar-refractivity contribution in [2.75, 3.05) is 5.01 Å². The number of anilines is 2. The van der Waals surface area contributed by atoms with Gasteiger partial charge in [-0.2, -0.15) is 0 Å². The standard InChI is InChI=1S/C25H21N3/c1-20-16-18-21(19-17-20)24-14-8-9-15-25(24)26-27-28(22-10-4-2-5-11-22)23-12-6-3-7-13-23/h2-19H,1H3. The molecular formula is C25H21N3. The fraction of sp³-hybridized carbons (Fsp3) is 0.0400. The van der Waals surface area contributed by atoms with Gasteiger partial charge in [-0.3, -0.25) is 0 Å². The molecule has 0 amide bonds. The van der Waals surface area contributed by atoms with Crippen LogP contribution in [-0.2, 0) is 0 Å². The second kappa shape index (κ2) is 8.31. The molecule has 0 atom stereocenters. The van der Waals surface area contributed by atoms with Gasteiger partial charge in [0.05, 0.1) is 17.1 Å². The van der Waals surface area contributed by atoms with Crippen molar-refractivity contribution in [1.29, 1.82) is 0 Å². The molecule has 0 heterocycles. The van der Waals surface area contributed by atoms with Gasteiger partial charge in [0, 0.05) is 5.56 Å². The Morgan fingerprint density at radius 2 is 1.11 bits per heavy atom. The number of rotatable bonds is 5. The molecule has 0 aromatic heterocycles. The van der Waals surface area contributed by atoms with E-state index in [9.17, 15) is 0 Å². The molecule has 0 radical (unpaired) electrons. The van der Waals surface area contributed by atoms with Crippen molar-refractivity contribution in [1.82, 2.24) is 0 Å². The summed E-state index contributed by atoms with van der Waals surface area (Å²) in [6.07, 6.45) is 0. The number of hydrogen-bond donors (Lipinski definition) is 0. The van der Waals surface area contributed by atoms with Crippen LogP contribution in [0.5, 0.6) is 0 Å². The summed E-state index contributed by atoms with van der Waals surface area (Å²) in [6.45, 7) is 2.09. The van der Waals surface area contributed by atoms with Crippen LogP contribution in [0.15, 0.2) is 120 Å². The van der Waals surface area contributed by atoms with Crippen molar-refractivity contribution in [3.63, 3.8) is 0 Å². The number of para-hydroxylation sites is 2. The molecule has 0 saturated heterocycles. The lowest BCUT2D eigenvalue weighted by molar-refractivity contribution is 0.974. The number of nitrogens with zero attached hydrogens (tertiary/aromatic N) is 3. The minimum absolute atomic E-state index is 0.836. The lowest BCUT2D eigenvalue weighted by Crippen LogP contribution is -2.07. The molecule has 3 nitrogen and oxygen atoms in total. The van der Waals surface area contributed by atoms with Crippen LogP contribution in [0.3, 0.4) is 0 Å². The van der Waals surface area contributed by atoms with Gasteiger partial charge in [-0.15, -0.1) is 5.11 Å². The minimum atomic E-state index is 0.836. The first-order valence-electron chi connectivity index (χ1n) is 9.29. The van der Waals surface area contributed by atoms with Gasteiger partial charge >= 0.3 is 0 Å². The topological polar surface area (TPSA) is 28.0 Å². The van der Waals surface area contributed by atoms with Crippen LogP contribution in [0.4, 0.5) is 17.1 Å². The quantitative estimate of drug-likeness (QED) is 0.266. The molecule has 0 unspecified atom stereocenters. The van der Waals surface area contributed by atoms with Crippen LogP contribution >= 0.6 is 0 Å². The fourth-order valence-corrected chi connectivity index (χ4v) is 3.02. The molecule has 4 aromatic rings. The smallest absolute Gasteiger partial charge is 0.0952 e. The van der Waals surface area contributed by atoms with E-state index in [-0.39, 0.29) is 0 Å². The molecule has 28 heavy (non-hydrogen) atoms. The Labute approximate surface area is 165 Å². The Morgan fingerprint density at radius 1 is 0.571 bits per heavy atom. The average molecular weight is 363 g/mol. The molecule has 0 aliphatic heterocycles. The van der Waals surface area contributed by atoms with E-state index in [0.29, 0.717) is 0 Å². The molecule has 0 bridgehead atoms. The van der Waals surface area contributed by atoms with E-state index < -0.39 is 0 Å². The molecule has 0 spiro atoms. The second-order valence-electron chi connectivity index (χ2n) is 6.56. The Hall–Kier alpha value is -3.72. The van der Waals surface area contributed by atoms with Crippen LogP contribution in [0, 0.1) is 6.92 Å². The highest BCUT2D eigenvalue weighted by Gasteiger charge is 2.09. The third-order valence-electron chi connectivity index (χ3n) is 4.51. The van der Waals surface area contributed by atoms with E-state index in [2.05, 4.69) is 47.6 Å². The van der Waals surface area contributed by atoms with E-state index in [1.165, 1.54) is 5.56 Å². The first-order valence-corrected chi connectivity index (χ1v) is 9.29. The average Bonchev–Trinajstić information content (AvgIpc) is 2.76. The van der Waals surface area contributed by atoms with Crippen LogP contribution < -0.4 is 5.01 Å². The van der Waals surface area contributed by atoms with Crippen molar-refractivity contribution in [2.45, 2.75) is 6.92 Å². The van der Waals surface area contributed by atoms with Crippen molar-refractivity contribution < 1.29 is 0 Å². The monoisotopic (exact) mass is 363 g/mol. The van der Waals surface area contributed by atoms with E-state index >= 15 is 0 Å². The summed E-state index contributed by atoms with van der Waals surface area (Å²) in [4.78, 5) is 0. The van der Waals surface area contributed by atoms with Crippen molar-refractivity contribution in [3.05, 3.63) is 115 Å². The number of hydrogen-bond acceptors (Lipinski definition) is 2. The number of benzene rings is 4. The highest BCUT2D eigenvalue weighted by molar-refractivity contribution is 5.75. The Morgan fingerprint density at radius 3 is 1.71 bits per heavy atom. The van der Waals surface area contributed by atoms with Crippen LogP contribution in [0.2, 0.25) is 0 Å². The summed E-state index contributed by atoms with van der Waals surface area (Å²) in [5.41, 5.74) is 6.19. The van der Waals surface area contributed by atoms with Gasteiger partial charge in [-0.1, -0.05) is 89.6 Å². The highest BCUT2D eigenvalue weighted by Crippen LogP contribution is 2.32. The second-order valence-corrected chi connectivity index (χ2v) is 6.56. The Balaban J connectivity index is 1.73. The first kappa shape index (κ1) is 17.7. The maximum atomic E-state index is 4.61. The zero-order chi connectivity index (χ0) is 19.2. The first-order chi connectivity index (χ1) is 13.8. The van der Waals surface area contributed by atoms with Crippen LogP contribution in [-0.4, -0.2) is 0 Å². The largest absolute Gasteiger partial charge is 0.215 e. The third-order valence-corrected chi connectivity index (χ3v) is 4.51. The van der Waals surface area contributed by atoms with Gasteiger partial charge < -0.3 is 0 Å². The van der Waals surface area contributed by atoms with Gasteiger partial charge in [-0.25, -0.2) is 5.01 Å². The molecular weight excluding hydrogens is 342 g/mol. The highest BCUT2D eigenvalue weighted by atomic mass is 15.5. The van der Waals surface area contributed by atoms with Gasteiger partial charge in [0.25, 0.3) is 0 Å². The van der Waals surface area contributed by atoms with Gasteiger partial charge in [0.15, 0.2) is 0 Å². The predicted molar refractivity (Wildman–Crippen MR) is 116 cm³/mol. The van der Waals surface area contributed by atoms with Crippen LogP contribution in [0.25, 0.3) is 11.1 Å². The van der Waals surface area contributed by atoms with Gasteiger partial charge in [0.1, 0.15) is 0 Å². The summed E-state index contributed by atoms with van der Waals surface area (Å²) in [6, 6.07) is 36.7. The summed E-state index contributed by atoms with van der Waals surface area (Å²) in [5.74, 6) is 0. The maximum Gasteiger partial charge on any atom is 0.0952 e. The van der Waals surface area contributed by atoms with Crippen molar-refractivity contribution in [2.24, 2.45) is 10.3 Å². The third kappa shape index (κ3) is 3.99. The SMILES string of the molecule is Cc1ccc(-c2ccccc2N=NN(c2ccccc2)c2ccccc2)cc1. The Bertz CT molecular complexity index is 1020. The molecule has 0 fully saturated rings. The molecule has 3 heteroatoms. The minimum Gasteiger partial charge on any atom is -0.215 e. The van der Waals surface area contributed by atoms with Crippen molar-refractivity contribution >= 4 is 17.1 Å². The fourth-order valence-electron chi connectivity index (χ4n) is 3.02. The zero-order valence-corrected chi connectivity index (χ0v) is 15.7. The van der Waals surface area contributed by atoms with Gasteiger partial charge in [0.2, 0.25) is 0 Å². The predicted octanol–water partition coefficient (Wildman–Crippen LogP) is 7.50. The lowest BCUT2D eigenvalue weighted by atomic mass is 10.0. The molecule has 0 aliphatic rings. The summed E-state index contributed by atoms with van der Waals surface area (Å²) in [5, 5.41) is 11.1. The van der Waals surface area contributed by atoms with Crippen LogP contribution in [0.1, 0.15) is 5.56 Å². The molecule has 4 rings (SSSR count). The summed E-state index contributed by atoms with van der Waals surface area (Å²) < 4.78 is 0. The molecule has 0 aliphatic carbocycles. The summed E-state index contributed by atoms with van der Waals surface area (Å²) in [7, 11) is 0. The summed E-state index contributed by atoms with van der Waals surface area (Å²) >= 11 is 0. The molecule has 4 aromatic carbocycles. The Kier molecular flexibility index (Phi) is 5.25. The van der Waals surface area contributed by atoms with Crippen molar-refractivity contribution in [3.8, 4) is 11.1 Å². The van der Waals surface area contributed by atoms with E-state index in [0.717, 1.165) is 28.2 Å². The normalized spacial score (nSPS) is 10.9. The lowest BCUT2D eigenvalue weighted by Gasteiger charge is -2.17. The van der Waals surface area contributed by atoms with Gasteiger partial charge in [-0.05, 0) is 42.8 Å². The van der Waals surface area contributed by atoms with E-state index in [1.807, 2.05) is 83.9 Å². The number of aryl methyl sites for hydroxylation is 1. The zero-order valence-electron chi connectivity index (χ0n) is 15.7. The molecule has 0 N–H and O–H groups in total.